The molecule has 12 heteroatoms. The number of benzene rings is 1. The van der Waals surface area contributed by atoms with Gasteiger partial charge in [-0.15, -0.1) is 11.3 Å². The van der Waals surface area contributed by atoms with Crippen molar-refractivity contribution in [3.05, 3.63) is 80.5 Å². The largest absolute Gasteiger partial charge is 0.495 e. The standard InChI is InChI=1S/C26H26ClN7O3S/c1-36-19-5-4-16(12-18(19)27)13-30-23-22(24(35)31-14-21-28-8-3-9-29-21)25(37-2)33-26(32-23)34-10-6-20-17(15-34)7-11-38-20/h3-5,7-9,11-12H,6,10,13-15H2,1-2H3,(H,31,35)(H,30,32,33). The second kappa shape index (κ2) is 11.6. The Hall–Kier alpha value is -3.96. The first kappa shape index (κ1) is 25.7. The third-order valence-corrected chi connectivity index (χ3v) is 7.40. The van der Waals surface area contributed by atoms with Crippen LogP contribution in [0, 0.1) is 0 Å². The molecule has 1 aliphatic heterocycles. The fourth-order valence-corrected chi connectivity index (χ4v) is 5.31. The molecule has 0 saturated heterocycles. The molecule has 0 bridgehead atoms. The van der Waals surface area contributed by atoms with E-state index in [1.807, 2.05) is 12.1 Å². The van der Waals surface area contributed by atoms with Gasteiger partial charge < -0.3 is 25.0 Å². The van der Waals surface area contributed by atoms with Gasteiger partial charge in [0, 0.05) is 36.9 Å². The van der Waals surface area contributed by atoms with Gasteiger partial charge in [0.1, 0.15) is 23.0 Å². The Bertz CT molecular complexity index is 1430. The SMILES string of the molecule is COc1ccc(CNc2nc(N3CCc4sccc4C3)nc(OC)c2C(=O)NCc2ncccn2)cc1Cl. The van der Waals surface area contributed by atoms with Gasteiger partial charge >= 0.3 is 0 Å². The Balaban J connectivity index is 1.45. The summed E-state index contributed by atoms with van der Waals surface area (Å²) in [4.78, 5) is 34.6. The molecule has 0 unspecified atom stereocenters. The van der Waals surface area contributed by atoms with Crippen LogP contribution in [0.1, 0.15) is 32.2 Å². The van der Waals surface area contributed by atoms with Crippen molar-refractivity contribution >= 4 is 40.6 Å². The highest BCUT2D eigenvalue weighted by molar-refractivity contribution is 7.10. The molecule has 38 heavy (non-hydrogen) atoms. The molecule has 0 atom stereocenters. The van der Waals surface area contributed by atoms with Crippen LogP contribution in [0.2, 0.25) is 5.02 Å². The molecule has 0 saturated carbocycles. The number of nitrogens with zero attached hydrogens (tertiary/aromatic N) is 5. The number of methoxy groups -OCH3 is 2. The van der Waals surface area contributed by atoms with Gasteiger partial charge in [-0.25, -0.2) is 9.97 Å². The maximum absolute atomic E-state index is 13.4. The number of halogens is 1. The third kappa shape index (κ3) is 5.63. The van der Waals surface area contributed by atoms with Crippen molar-refractivity contribution in [2.45, 2.75) is 26.1 Å². The van der Waals surface area contributed by atoms with Crippen molar-refractivity contribution in [1.82, 2.24) is 25.3 Å². The van der Waals surface area contributed by atoms with Crippen molar-refractivity contribution < 1.29 is 14.3 Å². The fourth-order valence-electron chi connectivity index (χ4n) is 4.14. The van der Waals surface area contributed by atoms with Gasteiger partial charge in [-0.3, -0.25) is 4.79 Å². The van der Waals surface area contributed by atoms with E-state index in [4.69, 9.17) is 26.1 Å². The fraction of sp³-hybridized carbons (Fsp3) is 0.269. The topological polar surface area (TPSA) is 114 Å². The molecular weight excluding hydrogens is 526 g/mol. The molecule has 1 aromatic carbocycles. The van der Waals surface area contributed by atoms with Gasteiger partial charge in [0.05, 0.1) is 25.8 Å². The zero-order valence-electron chi connectivity index (χ0n) is 20.9. The normalized spacial score (nSPS) is 12.6. The maximum Gasteiger partial charge on any atom is 0.260 e. The minimum atomic E-state index is -0.408. The van der Waals surface area contributed by atoms with Gasteiger partial charge in [-0.05, 0) is 47.2 Å². The number of rotatable bonds is 9. The summed E-state index contributed by atoms with van der Waals surface area (Å²) in [5, 5.41) is 8.74. The Morgan fingerprint density at radius 1 is 1.13 bits per heavy atom. The minimum Gasteiger partial charge on any atom is -0.495 e. The van der Waals surface area contributed by atoms with Crippen LogP contribution in [0.3, 0.4) is 0 Å². The molecule has 4 heterocycles. The molecule has 5 rings (SSSR count). The van der Waals surface area contributed by atoms with Crippen LogP contribution in [0.4, 0.5) is 11.8 Å². The van der Waals surface area contributed by atoms with Crippen molar-refractivity contribution in [2.75, 3.05) is 31.0 Å². The van der Waals surface area contributed by atoms with Crippen LogP contribution >= 0.6 is 22.9 Å². The van der Waals surface area contributed by atoms with Gasteiger partial charge in [0.25, 0.3) is 5.91 Å². The molecule has 0 radical (unpaired) electrons. The molecule has 10 nitrogen and oxygen atoms in total. The summed E-state index contributed by atoms with van der Waals surface area (Å²) in [5.74, 6) is 1.67. The number of anilines is 2. The molecule has 1 aliphatic rings. The van der Waals surface area contributed by atoms with Gasteiger partial charge in [-0.1, -0.05) is 17.7 Å². The van der Waals surface area contributed by atoms with E-state index in [-0.39, 0.29) is 18.0 Å². The number of aromatic nitrogens is 4. The summed E-state index contributed by atoms with van der Waals surface area (Å²) in [5.41, 5.74) is 2.34. The molecule has 4 aromatic rings. The number of hydrogen-bond donors (Lipinski definition) is 2. The van der Waals surface area contributed by atoms with E-state index >= 15 is 0 Å². The summed E-state index contributed by atoms with van der Waals surface area (Å²) in [6, 6.07) is 9.34. The predicted molar refractivity (Wildman–Crippen MR) is 146 cm³/mol. The summed E-state index contributed by atoms with van der Waals surface area (Å²) >= 11 is 8.08. The molecular formula is C26H26ClN7O3S. The van der Waals surface area contributed by atoms with E-state index in [0.29, 0.717) is 41.5 Å². The molecule has 3 aromatic heterocycles. The number of carbonyl (C=O) groups is 1. The van der Waals surface area contributed by atoms with Crippen molar-refractivity contribution in [3.63, 3.8) is 0 Å². The lowest BCUT2D eigenvalue weighted by Crippen LogP contribution is -2.32. The zero-order valence-corrected chi connectivity index (χ0v) is 22.5. The van der Waals surface area contributed by atoms with E-state index in [2.05, 4.69) is 41.9 Å². The Kier molecular flexibility index (Phi) is 7.85. The van der Waals surface area contributed by atoms with Crippen LogP contribution in [-0.2, 0) is 26.1 Å². The molecule has 2 N–H and O–H groups in total. The lowest BCUT2D eigenvalue weighted by Gasteiger charge is -2.28. The van der Waals surface area contributed by atoms with Crippen LogP contribution in [0.15, 0.2) is 48.1 Å². The van der Waals surface area contributed by atoms with Crippen molar-refractivity contribution in [3.8, 4) is 11.6 Å². The maximum atomic E-state index is 13.4. The lowest BCUT2D eigenvalue weighted by molar-refractivity contribution is 0.0946. The number of nitrogens with one attached hydrogen (secondary N) is 2. The van der Waals surface area contributed by atoms with E-state index in [0.717, 1.165) is 18.5 Å². The summed E-state index contributed by atoms with van der Waals surface area (Å²) in [6.45, 7) is 1.96. The number of carbonyl (C=O) groups excluding carboxylic acids is 1. The molecule has 0 spiro atoms. The van der Waals surface area contributed by atoms with Gasteiger partial charge in [-0.2, -0.15) is 9.97 Å². The molecule has 196 valence electrons. The van der Waals surface area contributed by atoms with Gasteiger partial charge in [0.2, 0.25) is 11.8 Å². The highest BCUT2D eigenvalue weighted by atomic mass is 35.5. The van der Waals surface area contributed by atoms with Crippen molar-refractivity contribution in [1.29, 1.82) is 0 Å². The Labute approximate surface area is 229 Å². The van der Waals surface area contributed by atoms with Crippen LogP contribution in [0.25, 0.3) is 0 Å². The smallest absolute Gasteiger partial charge is 0.260 e. The zero-order chi connectivity index (χ0) is 26.5. The summed E-state index contributed by atoms with van der Waals surface area (Å²) < 4.78 is 10.9. The number of thiophene rings is 1. The van der Waals surface area contributed by atoms with Gasteiger partial charge in [0.15, 0.2) is 0 Å². The number of ether oxygens (including phenoxy) is 2. The summed E-state index contributed by atoms with van der Waals surface area (Å²) in [6.07, 6.45) is 4.15. The Morgan fingerprint density at radius 3 is 2.74 bits per heavy atom. The molecule has 0 aliphatic carbocycles. The average Bonchev–Trinajstić information content (AvgIpc) is 3.43. The monoisotopic (exact) mass is 551 g/mol. The first-order valence-electron chi connectivity index (χ1n) is 11.9. The molecule has 0 fully saturated rings. The second-order valence-corrected chi connectivity index (χ2v) is 9.88. The highest BCUT2D eigenvalue weighted by Crippen LogP contribution is 2.31. The first-order valence-corrected chi connectivity index (χ1v) is 13.2. The number of fused-ring (bicyclic) bond motifs is 1. The van der Waals surface area contributed by atoms with E-state index in [1.54, 1.807) is 43.0 Å². The quantitative estimate of drug-likeness (QED) is 0.317. The number of amides is 1. The molecule has 1 amide bonds. The van der Waals surface area contributed by atoms with E-state index < -0.39 is 5.91 Å². The van der Waals surface area contributed by atoms with Crippen LogP contribution in [0.5, 0.6) is 11.6 Å². The first-order chi connectivity index (χ1) is 18.6. The Morgan fingerprint density at radius 2 is 1.97 bits per heavy atom. The minimum absolute atomic E-state index is 0.144. The van der Waals surface area contributed by atoms with Crippen LogP contribution < -0.4 is 25.0 Å². The van der Waals surface area contributed by atoms with Crippen molar-refractivity contribution in [2.24, 2.45) is 0 Å². The lowest BCUT2D eigenvalue weighted by atomic mass is 10.1. The summed E-state index contributed by atoms with van der Waals surface area (Å²) in [7, 11) is 3.06. The van der Waals surface area contributed by atoms with E-state index in [1.165, 1.54) is 17.6 Å². The second-order valence-electron chi connectivity index (χ2n) is 8.47. The van der Waals surface area contributed by atoms with Crippen LogP contribution in [-0.4, -0.2) is 46.6 Å². The average molecular weight is 552 g/mol. The number of hydrogen-bond acceptors (Lipinski definition) is 10. The predicted octanol–water partition coefficient (Wildman–Crippen LogP) is 4.10. The highest BCUT2D eigenvalue weighted by Gasteiger charge is 2.26. The van der Waals surface area contributed by atoms with E-state index in [9.17, 15) is 4.79 Å². The third-order valence-electron chi connectivity index (χ3n) is 6.08.